The van der Waals surface area contributed by atoms with Gasteiger partial charge in [-0.3, -0.25) is 39.8 Å². The van der Waals surface area contributed by atoms with E-state index in [2.05, 4.69) is 40.6 Å². The first-order valence-electron chi connectivity index (χ1n) is 17.2. The standard InChI is InChI=1S/C37H33FN10O5S/c38-24-3-7-30(49)28(18-24)33(34(51)42-36-39-10-16-54-36)48-20-23-2-1-22(17-27(23)35(48)52)29-6-8-31(44-43-29)46-14-12-45(13-15-46)21-25-4-5-26(19-40-25)47-11-9-32(50)41-37(47)53/h1-8,10,16-19,33,49H,9,11-15,20-21H2,(H,39,42,51)(H,41,50,53). The lowest BCUT2D eigenvalue weighted by Crippen LogP contribution is -2.49. The summed E-state index contributed by atoms with van der Waals surface area (Å²) >= 11 is 1.19. The Labute approximate surface area is 312 Å². The Morgan fingerprint density at radius 1 is 0.963 bits per heavy atom. The molecule has 3 aromatic heterocycles. The van der Waals surface area contributed by atoms with E-state index in [0.717, 1.165) is 55.9 Å². The van der Waals surface area contributed by atoms with E-state index >= 15 is 0 Å². The predicted molar refractivity (Wildman–Crippen MR) is 196 cm³/mol. The van der Waals surface area contributed by atoms with Crippen LogP contribution in [-0.2, 0) is 22.7 Å². The van der Waals surface area contributed by atoms with Gasteiger partial charge >= 0.3 is 6.03 Å². The van der Waals surface area contributed by atoms with Crippen LogP contribution in [0.3, 0.4) is 0 Å². The van der Waals surface area contributed by atoms with Crippen molar-refractivity contribution in [2.45, 2.75) is 25.6 Å². The molecular formula is C37H33FN10O5S. The van der Waals surface area contributed by atoms with Gasteiger partial charge in [-0.1, -0.05) is 12.1 Å². The number of carbonyl (C=O) groups excluding carboxylic acids is 4. The summed E-state index contributed by atoms with van der Waals surface area (Å²) in [5.74, 6) is -1.60. The molecule has 2 saturated heterocycles. The quantitative estimate of drug-likeness (QED) is 0.199. The minimum absolute atomic E-state index is 0.0385. The van der Waals surface area contributed by atoms with Crippen LogP contribution in [0.2, 0.25) is 0 Å². The highest BCUT2D eigenvalue weighted by molar-refractivity contribution is 7.13. The molecule has 0 saturated carbocycles. The van der Waals surface area contributed by atoms with Crippen molar-refractivity contribution in [2.24, 2.45) is 0 Å². The van der Waals surface area contributed by atoms with E-state index in [1.807, 2.05) is 30.3 Å². The van der Waals surface area contributed by atoms with Crippen molar-refractivity contribution in [1.82, 2.24) is 35.3 Å². The van der Waals surface area contributed by atoms with Crippen LogP contribution < -0.4 is 20.4 Å². The Morgan fingerprint density at radius 3 is 2.54 bits per heavy atom. The minimum atomic E-state index is -1.33. The van der Waals surface area contributed by atoms with Crippen LogP contribution in [0.1, 0.15) is 39.6 Å². The number of nitrogens with one attached hydrogen (secondary N) is 2. The van der Waals surface area contributed by atoms with Crippen molar-refractivity contribution in [3.63, 3.8) is 0 Å². The maximum absolute atomic E-state index is 14.4. The first kappa shape index (κ1) is 34.7. The summed E-state index contributed by atoms with van der Waals surface area (Å²) in [5.41, 5.74) is 3.76. The first-order chi connectivity index (χ1) is 26.2. The number of hydrogen-bond acceptors (Lipinski definition) is 12. The van der Waals surface area contributed by atoms with Gasteiger partial charge in [0.2, 0.25) is 5.91 Å². The molecule has 3 aliphatic rings. The minimum Gasteiger partial charge on any atom is -0.508 e. The molecule has 1 unspecified atom stereocenters. The number of aromatic hydroxyl groups is 1. The van der Waals surface area contributed by atoms with Crippen LogP contribution in [0.15, 0.2) is 78.4 Å². The van der Waals surface area contributed by atoms with Gasteiger partial charge < -0.3 is 14.9 Å². The maximum atomic E-state index is 14.4. The average Bonchev–Trinajstić information content (AvgIpc) is 3.81. The summed E-state index contributed by atoms with van der Waals surface area (Å²) in [6.45, 7) is 4.07. The molecule has 1 atom stereocenters. The smallest absolute Gasteiger partial charge is 0.328 e. The van der Waals surface area contributed by atoms with Crippen molar-refractivity contribution in [2.75, 3.05) is 47.8 Å². The second kappa shape index (κ2) is 14.6. The Morgan fingerprint density at radius 2 is 1.81 bits per heavy atom. The molecule has 2 aromatic carbocycles. The number of imide groups is 1. The van der Waals surface area contributed by atoms with Crippen molar-refractivity contribution in [3.05, 3.63) is 107 Å². The Kier molecular flexibility index (Phi) is 9.39. The largest absolute Gasteiger partial charge is 0.508 e. The van der Waals surface area contributed by atoms with Crippen LogP contribution in [0.5, 0.6) is 5.75 Å². The molecule has 8 rings (SSSR count). The number of fused-ring (bicyclic) bond motifs is 1. The highest BCUT2D eigenvalue weighted by Crippen LogP contribution is 2.38. The lowest BCUT2D eigenvalue weighted by atomic mass is 10.0. The van der Waals surface area contributed by atoms with Crippen LogP contribution in [0, 0.1) is 5.82 Å². The molecule has 0 aliphatic carbocycles. The monoisotopic (exact) mass is 748 g/mol. The number of piperazine rings is 1. The molecule has 3 N–H and O–H groups in total. The average molecular weight is 749 g/mol. The number of carbonyl (C=O) groups is 4. The molecule has 3 aliphatic heterocycles. The highest BCUT2D eigenvalue weighted by atomic mass is 32.1. The number of hydrogen-bond donors (Lipinski definition) is 3. The number of nitrogens with zero attached hydrogens (tertiary/aromatic N) is 8. The number of phenols is 1. The topological polar surface area (TPSA) is 177 Å². The lowest BCUT2D eigenvalue weighted by molar-refractivity contribution is -0.121. The van der Waals surface area contributed by atoms with Gasteiger partial charge in [-0.05, 0) is 54.1 Å². The van der Waals surface area contributed by atoms with E-state index in [1.54, 1.807) is 23.7 Å². The Balaban J connectivity index is 0.909. The number of halogens is 1. The number of benzene rings is 2. The molecule has 6 heterocycles. The molecule has 54 heavy (non-hydrogen) atoms. The summed E-state index contributed by atoms with van der Waals surface area (Å²) in [7, 11) is 0. The second-order valence-electron chi connectivity index (χ2n) is 13.0. The number of rotatable bonds is 9. The van der Waals surface area contributed by atoms with Gasteiger partial charge in [0, 0.05) is 80.5 Å². The molecular weight excluding hydrogens is 716 g/mol. The maximum Gasteiger partial charge on any atom is 0.328 e. The van der Waals surface area contributed by atoms with Crippen molar-refractivity contribution < 1.29 is 28.7 Å². The van der Waals surface area contributed by atoms with Crippen LogP contribution >= 0.6 is 11.3 Å². The zero-order valence-corrected chi connectivity index (χ0v) is 29.5. The zero-order chi connectivity index (χ0) is 37.3. The molecule has 0 bridgehead atoms. The number of amides is 5. The first-order valence-corrected chi connectivity index (χ1v) is 18.1. The van der Waals surface area contributed by atoms with Crippen molar-refractivity contribution in [1.29, 1.82) is 0 Å². The third-order valence-electron chi connectivity index (χ3n) is 9.65. The Bertz CT molecular complexity index is 2230. The van der Waals surface area contributed by atoms with Gasteiger partial charge in [0.25, 0.3) is 11.8 Å². The van der Waals surface area contributed by atoms with Crippen molar-refractivity contribution >= 4 is 51.7 Å². The molecule has 274 valence electrons. The van der Waals surface area contributed by atoms with Gasteiger partial charge in [0.05, 0.1) is 23.3 Å². The molecule has 17 heteroatoms. The number of thiazole rings is 1. The Hall–Kier alpha value is -6.33. The van der Waals surface area contributed by atoms with Crippen LogP contribution in [-0.4, -0.2) is 91.5 Å². The number of anilines is 3. The molecule has 0 spiro atoms. The lowest BCUT2D eigenvalue weighted by Gasteiger charge is -2.35. The molecule has 2 fully saturated rings. The fourth-order valence-electron chi connectivity index (χ4n) is 6.84. The number of urea groups is 1. The van der Waals surface area contributed by atoms with E-state index in [4.69, 9.17) is 0 Å². The van der Waals surface area contributed by atoms with E-state index in [0.29, 0.717) is 46.3 Å². The summed E-state index contributed by atoms with van der Waals surface area (Å²) in [6, 6.07) is 14.4. The van der Waals surface area contributed by atoms with E-state index < -0.39 is 29.7 Å². The predicted octanol–water partition coefficient (Wildman–Crippen LogP) is 3.94. The number of pyridine rings is 1. The summed E-state index contributed by atoms with van der Waals surface area (Å²) < 4.78 is 14.4. The van der Waals surface area contributed by atoms with Gasteiger partial charge in [0.15, 0.2) is 10.9 Å². The van der Waals surface area contributed by atoms with E-state index in [9.17, 15) is 28.7 Å². The third-order valence-corrected chi connectivity index (χ3v) is 10.3. The number of phenolic OH excluding ortho intramolecular Hbond substituents is 1. The van der Waals surface area contributed by atoms with Gasteiger partial charge in [-0.15, -0.1) is 21.5 Å². The molecule has 0 radical (unpaired) electrons. The van der Waals surface area contributed by atoms with E-state index in [1.165, 1.54) is 27.3 Å². The fraction of sp³-hybridized carbons (Fsp3) is 0.243. The summed E-state index contributed by atoms with van der Waals surface area (Å²) in [5, 5.41) is 26.6. The van der Waals surface area contributed by atoms with Crippen molar-refractivity contribution in [3.8, 4) is 17.0 Å². The van der Waals surface area contributed by atoms with Gasteiger partial charge in [-0.25, -0.2) is 14.2 Å². The van der Waals surface area contributed by atoms with Crippen LogP contribution in [0.4, 0.5) is 25.8 Å². The summed E-state index contributed by atoms with van der Waals surface area (Å²) in [6.07, 6.45) is 3.44. The molecule has 15 nitrogen and oxygen atoms in total. The SMILES string of the molecule is O=C1CCN(c2ccc(CN3CCN(c4ccc(-c5ccc6c(c5)C(=O)N(C(C(=O)Nc5nccs5)c5cc(F)ccc5O)C6)nn4)CC3)nc2)C(=O)N1. The summed E-state index contributed by atoms with van der Waals surface area (Å²) in [4.78, 5) is 66.9. The van der Waals surface area contributed by atoms with Gasteiger partial charge in [0.1, 0.15) is 17.6 Å². The second-order valence-corrected chi connectivity index (χ2v) is 13.9. The molecule has 5 aromatic rings. The zero-order valence-electron chi connectivity index (χ0n) is 28.7. The van der Waals surface area contributed by atoms with Gasteiger partial charge in [-0.2, -0.15) is 0 Å². The highest BCUT2D eigenvalue weighted by Gasteiger charge is 2.39. The normalized spacial score (nSPS) is 16.7. The van der Waals surface area contributed by atoms with E-state index in [-0.39, 0.29) is 30.2 Å². The van der Waals surface area contributed by atoms with Crippen LogP contribution in [0.25, 0.3) is 11.3 Å². The third kappa shape index (κ3) is 7.05. The fourth-order valence-corrected chi connectivity index (χ4v) is 7.37. The molecule has 5 amide bonds. The number of aromatic nitrogens is 4.